The van der Waals surface area contributed by atoms with Crippen molar-refractivity contribution in [1.82, 2.24) is 4.90 Å². The zero-order valence-corrected chi connectivity index (χ0v) is 9.25. The fourth-order valence-electron chi connectivity index (χ4n) is 1.33. The number of carboxylic acids is 1. The minimum Gasteiger partial charge on any atom is -0.481 e. The molecule has 90 valence electrons. The number of carboxylic acid groups (broad SMARTS) is 1. The summed E-state index contributed by atoms with van der Waals surface area (Å²) in [5.74, 6) is -0.833. The van der Waals surface area contributed by atoms with E-state index in [4.69, 9.17) is 5.11 Å². The average Bonchev–Trinajstić information content (AvgIpc) is 2.08. The Kier molecular flexibility index (Phi) is 7.21. The van der Waals surface area contributed by atoms with Crippen molar-refractivity contribution in [2.45, 2.75) is 45.6 Å². The van der Waals surface area contributed by atoms with Gasteiger partial charge in [-0.25, -0.2) is 8.78 Å². The van der Waals surface area contributed by atoms with E-state index >= 15 is 0 Å². The van der Waals surface area contributed by atoms with Gasteiger partial charge in [-0.3, -0.25) is 9.69 Å². The summed E-state index contributed by atoms with van der Waals surface area (Å²) in [4.78, 5) is 11.9. The van der Waals surface area contributed by atoms with Crippen molar-refractivity contribution in [3.05, 3.63) is 0 Å². The number of alkyl halides is 2. The Balaban J connectivity index is 3.71. The van der Waals surface area contributed by atoms with Crippen LogP contribution >= 0.6 is 0 Å². The number of aliphatic carboxylic acids is 1. The topological polar surface area (TPSA) is 40.5 Å². The summed E-state index contributed by atoms with van der Waals surface area (Å²) in [7, 11) is 0. The van der Waals surface area contributed by atoms with E-state index in [1.165, 1.54) is 0 Å². The molecule has 0 atom stereocenters. The number of hydrogen-bond donors (Lipinski definition) is 1. The van der Waals surface area contributed by atoms with Gasteiger partial charge in [-0.15, -0.1) is 0 Å². The Labute approximate surface area is 89.1 Å². The minimum absolute atomic E-state index is 0.0730. The Hall–Kier alpha value is -0.710. The van der Waals surface area contributed by atoms with E-state index in [2.05, 4.69) is 0 Å². The summed E-state index contributed by atoms with van der Waals surface area (Å²) in [5.41, 5.74) is 0. The molecule has 0 saturated carbocycles. The largest absolute Gasteiger partial charge is 0.481 e. The normalized spacial score (nSPS) is 11.7. The summed E-state index contributed by atoms with van der Waals surface area (Å²) in [6.07, 6.45) is -1.02. The molecule has 0 amide bonds. The maximum Gasteiger partial charge on any atom is 0.303 e. The van der Waals surface area contributed by atoms with Crippen LogP contribution in [-0.2, 0) is 4.79 Å². The highest BCUT2D eigenvalue weighted by atomic mass is 19.3. The van der Waals surface area contributed by atoms with Crippen molar-refractivity contribution in [2.24, 2.45) is 0 Å². The van der Waals surface area contributed by atoms with Gasteiger partial charge in [0.1, 0.15) is 0 Å². The number of unbranched alkanes of at least 4 members (excludes halogenated alkanes) is 1. The Morgan fingerprint density at radius 1 is 1.33 bits per heavy atom. The van der Waals surface area contributed by atoms with Crippen LogP contribution in [0.1, 0.15) is 33.1 Å². The average molecular weight is 223 g/mol. The van der Waals surface area contributed by atoms with Crippen molar-refractivity contribution in [3.8, 4) is 0 Å². The van der Waals surface area contributed by atoms with E-state index in [0.717, 1.165) is 0 Å². The van der Waals surface area contributed by atoms with Crippen molar-refractivity contribution in [1.29, 1.82) is 0 Å². The Bertz CT molecular complexity index is 186. The van der Waals surface area contributed by atoms with Crippen LogP contribution in [0, 0.1) is 0 Å². The molecule has 0 aromatic heterocycles. The molecule has 0 aliphatic rings. The van der Waals surface area contributed by atoms with E-state index in [1.807, 2.05) is 13.8 Å². The van der Waals surface area contributed by atoms with Crippen LogP contribution < -0.4 is 0 Å². The number of halogens is 2. The van der Waals surface area contributed by atoms with E-state index in [-0.39, 0.29) is 19.0 Å². The van der Waals surface area contributed by atoms with E-state index in [9.17, 15) is 13.6 Å². The van der Waals surface area contributed by atoms with Crippen LogP contribution in [0.5, 0.6) is 0 Å². The van der Waals surface area contributed by atoms with Gasteiger partial charge in [0.15, 0.2) is 0 Å². The molecule has 0 aromatic carbocycles. The lowest BCUT2D eigenvalue weighted by Crippen LogP contribution is -2.35. The van der Waals surface area contributed by atoms with Gasteiger partial charge >= 0.3 is 5.97 Å². The molecule has 0 aromatic rings. The molecular formula is C10H19F2NO2. The molecule has 3 nitrogen and oxygen atoms in total. The number of carbonyl (C=O) groups is 1. The van der Waals surface area contributed by atoms with Gasteiger partial charge in [-0.2, -0.15) is 0 Å². The maximum atomic E-state index is 12.1. The second-order valence-corrected chi connectivity index (χ2v) is 3.83. The predicted octanol–water partition coefficient (Wildman–Crippen LogP) is 2.22. The monoisotopic (exact) mass is 223 g/mol. The van der Waals surface area contributed by atoms with Crippen LogP contribution in [0.2, 0.25) is 0 Å². The second-order valence-electron chi connectivity index (χ2n) is 3.83. The zero-order valence-electron chi connectivity index (χ0n) is 9.25. The minimum atomic E-state index is -2.33. The number of rotatable bonds is 8. The standard InChI is InChI=1S/C10H19F2NO2/c1-8(2)13(7-9(11)12)6-4-3-5-10(14)15/h8-9H,3-7H2,1-2H3,(H,14,15). The van der Waals surface area contributed by atoms with Crippen LogP contribution in [0.4, 0.5) is 8.78 Å². The highest BCUT2D eigenvalue weighted by Crippen LogP contribution is 2.06. The molecule has 15 heavy (non-hydrogen) atoms. The molecule has 5 heteroatoms. The summed E-state index contributed by atoms with van der Waals surface area (Å²) >= 11 is 0. The summed E-state index contributed by atoms with van der Waals surface area (Å²) in [6.45, 7) is 4.03. The fraction of sp³-hybridized carbons (Fsp3) is 0.900. The van der Waals surface area contributed by atoms with Crippen LogP contribution in [0.25, 0.3) is 0 Å². The van der Waals surface area contributed by atoms with Crippen LogP contribution in [0.3, 0.4) is 0 Å². The molecule has 0 heterocycles. The van der Waals surface area contributed by atoms with Gasteiger partial charge in [-0.1, -0.05) is 0 Å². The molecule has 0 aliphatic carbocycles. The first kappa shape index (κ1) is 14.3. The summed E-state index contributed by atoms with van der Waals surface area (Å²) in [6, 6.07) is 0.0730. The predicted molar refractivity (Wildman–Crippen MR) is 54.2 cm³/mol. The molecule has 0 unspecified atom stereocenters. The first-order valence-electron chi connectivity index (χ1n) is 5.17. The van der Waals surface area contributed by atoms with Gasteiger partial charge in [0.25, 0.3) is 6.43 Å². The van der Waals surface area contributed by atoms with E-state index in [0.29, 0.717) is 19.4 Å². The van der Waals surface area contributed by atoms with Gasteiger partial charge in [-0.05, 0) is 33.2 Å². The van der Waals surface area contributed by atoms with Crippen molar-refractivity contribution < 1.29 is 18.7 Å². The molecular weight excluding hydrogens is 204 g/mol. The lowest BCUT2D eigenvalue weighted by atomic mass is 10.2. The third kappa shape index (κ3) is 8.30. The third-order valence-corrected chi connectivity index (χ3v) is 2.19. The number of hydrogen-bond acceptors (Lipinski definition) is 2. The molecule has 0 saturated heterocycles. The summed E-state index contributed by atoms with van der Waals surface area (Å²) in [5, 5.41) is 8.40. The van der Waals surface area contributed by atoms with Gasteiger partial charge in [0, 0.05) is 12.5 Å². The second kappa shape index (κ2) is 7.56. The molecule has 0 fully saturated rings. The first-order chi connectivity index (χ1) is 6.93. The fourth-order valence-corrected chi connectivity index (χ4v) is 1.33. The van der Waals surface area contributed by atoms with Gasteiger partial charge in [0.2, 0.25) is 0 Å². The smallest absolute Gasteiger partial charge is 0.303 e. The van der Waals surface area contributed by atoms with Crippen molar-refractivity contribution >= 4 is 5.97 Å². The Morgan fingerprint density at radius 2 is 1.93 bits per heavy atom. The van der Waals surface area contributed by atoms with Crippen LogP contribution in [0.15, 0.2) is 0 Å². The van der Waals surface area contributed by atoms with Gasteiger partial charge in [0.05, 0.1) is 6.54 Å². The third-order valence-electron chi connectivity index (χ3n) is 2.19. The molecule has 0 bridgehead atoms. The van der Waals surface area contributed by atoms with Crippen molar-refractivity contribution in [2.75, 3.05) is 13.1 Å². The van der Waals surface area contributed by atoms with Gasteiger partial charge < -0.3 is 5.11 Å². The van der Waals surface area contributed by atoms with Crippen LogP contribution in [-0.4, -0.2) is 41.5 Å². The number of nitrogens with zero attached hydrogens (tertiary/aromatic N) is 1. The summed E-state index contributed by atoms with van der Waals surface area (Å²) < 4.78 is 24.3. The SMILES string of the molecule is CC(C)N(CCCCC(=O)O)CC(F)F. The van der Waals surface area contributed by atoms with Crippen molar-refractivity contribution in [3.63, 3.8) is 0 Å². The molecule has 0 radical (unpaired) electrons. The lowest BCUT2D eigenvalue weighted by Gasteiger charge is -2.25. The first-order valence-corrected chi connectivity index (χ1v) is 5.17. The Morgan fingerprint density at radius 3 is 2.33 bits per heavy atom. The highest BCUT2D eigenvalue weighted by molar-refractivity contribution is 5.66. The molecule has 1 N–H and O–H groups in total. The maximum absolute atomic E-state index is 12.1. The van der Waals surface area contributed by atoms with E-state index < -0.39 is 12.4 Å². The van der Waals surface area contributed by atoms with E-state index in [1.54, 1.807) is 4.90 Å². The molecule has 0 aliphatic heterocycles. The highest BCUT2D eigenvalue weighted by Gasteiger charge is 2.14. The molecule has 0 spiro atoms. The lowest BCUT2D eigenvalue weighted by molar-refractivity contribution is -0.137. The zero-order chi connectivity index (χ0) is 11.8. The molecule has 0 rings (SSSR count). The quantitative estimate of drug-likeness (QED) is 0.641.